The van der Waals surface area contributed by atoms with Crippen molar-refractivity contribution in [1.82, 2.24) is 4.72 Å². The standard InChI is InChI=1S/C15H15NO3S/c1-10-13-4-3-5-14(15(13)19-20(17)16-10)11-6-8-12(18-2)9-7-11/h3-10,16H,1-2H3. The van der Waals surface area contributed by atoms with Gasteiger partial charge in [0.25, 0.3) is 11.3 Å². The van der Waals surface area contributed by atoms with E-state index in [2.05, 4.69) is 4.72 Å². The third-order valence-electron chi connectivity index (χ3n) is 3.35. The summed E-state index contributed by atoms with van der Waals surface area (Å²) in [5.74, 6) is 1.49. The molecule has 0 amide bonds. The average Bonchev–Trinajstić information content (AvgIpc) is 2.47. The fourth-order valence-electron chi connectivity index (χ4n) is 2.29. The molecule has 3 rings (SSSR count). The van der Waals surface area contributed by atoms with Crippen molar-refractivity contribution in [1.29, 1.82) is 0 Å². The average molecular weight is 289 g/mol. The highest BCUT2D eigenvalue weighted by Gasteiger charge is 2.24. The lowest BCUT2D eigenvalue weighted by atomic mass is 9.98. The number of nitrogens with one attached hydrogen (secondary N) is 1. The third kappa shape index (κ3) is 2.30. The molecule has 0 saturated heterocycles. The van der Waals surface area contributed by atoms with E-state index < -0.39 is 11.3 Å². The van der Waals surface area contributed by atoms with Gasteiger partial charge in [-0.15, -0.1) is 0 Å². The van der Waals surface area contributed by atoms with Crippen LogP contribution in [0.2, 0.25) is 0 Å². The van der Waals surface area contributed by atoms with Gasteiger partial charge < -0.3 is 8.92 Å². The van der Waals surface area contributed by atoms with E-state index in [1.807, 2.05) is 49.4 Å². The molecule has 1 N–H and O–H groups in total. The number of fused-ring (bicyclic) bond motifs is 1. The van der Waals surface area contributed by atoms with Crippen molar-refractivity contribution in [2.24, 2.45) is 0 Å². The van der Waals surface area contributed by atoms with E-state index in [-0.39, 0.29) is 6.04 Å². The lowest BCUT2D eigenvalue weighted by Gasteiger charge is -2.24. The minimum atomic E-state index is -1.50. The topological polar surface area (TPSA) is 47.6 Å². The molecule has 0 radical (unpaired) electrons. The van der Waals surface area contributed by atoms with Crippen LogP contribution in [0.3, 0.4) is 0 Å². The van der Waals surface area contributed by atoms with Crippen LogP contribution in [0, 0.1) is 0 Å². The van der Waals surface area contributed by atoms with Crippen LogP contribution in [0.15, 0.2) is 42.5 Å². The molecule has 0 fully saturated rings. The molecular weight excluding hydrogens is 274 g/mol. The van der Waals surface area contributed by atoms with Crippen molar-refractivity contribution < 1.29 is 13.1 Å². The Labute approximate surface area is 120 Å². The highest BCUT2D eigenvalue weighted by atomic mass is 32.2. The molecule has 20 heavy (non-hydrogen) atoms. The Morgan fingerprint density at radius 2 is 1.95 bits per heavy atom. The summed E-state index contributed by atoms with van der Waals surface area (Å²) in [7, 11) is 1.64. The summed E-state index contributed by atoms with van der Waals surface area (Å²) in [5.41, 5.74) is 2.96. The molecule has 1 aliphatic rings. The predicted octanol–water partition coefficient (Wildman–Crippen LogP) is 2.98. The normalized spacial score (nSPS) is 20.9. The third-order valence-corrected chi connectivity index (χ3v) is 4.21. The van der Waals surface area contributed by atoms with E-state index in [1.54, 1.807) is 7.11 Å². The van der Waals surface area contributed by atoms with Crippen LogP contribution in [0.25, 0.3) is 11.1 Å². The molecule has 4 nitrogen and oxygen atoms in total. The number of para-hydroxylation sites is 1. The largest absolute Gasteiger partial charge is 0.497 e. The van der Waals surface area contributed by atoms with Gasteiger partial charge in [0.15, 0.2) is 5.75 Å². The quantitative estimate of drug-likeness (QED) is 0.924. The fraction of sp³-hybridized carbons (Fsp3) is 0.200. The molecular formula is C15H15NO3S. The first-order chi connectivity index (χ1) is 9.69. The second kappa shape index (κ2) is 5.26. The Balaban J connectivity index is 2.10. The zero-order valence-electron chi connectivity index (χ0n) is 11.3. The molecule has 0 saturated carbocycles. The number of rotatable bonds is 2. The van der Waals surface area contributed by atoms with Gasteiger partial charge in [-0.05, 0) is 24.6 Å². The van der Waals surface area contributed by atoms with Gasteiger partial charge in [0.05, 0.1) is 7.11 Å². The van der Waals surface area contributed by atoms with Crippen LogP contribution in [-0.4, -0.2) is 11.3 Å². The lowest BCUT2D eigenvalue weighted by Crippen LogP contribution is -2.30. The minimum Gasteiger partial charge on any atom is -0.497 e. The second-order valence-electron chi connectivity index (χ2n) is 4.61. The molecule has 2 unspecified atom stereocenters. The maximum absolute atomic E-state index is 11.7. The van der Waals surface area contributed by atoms with E-state index in [4.69, 9.17) is 8.92 Å². The van der Waals surface area contributed by atoms with Crippen molar-refractivity contribution in [3.05, 3.63) is 48.0 Å². The van der Waals surface area contributed by atoms with Crippen molar-refractivity contribution >= 4 is 11.3 Å². The second-order valence-corrected chi connectivity index (χ2v) is 5.48. The van der Waals surface area contributed by atoms with Gasteiger partial charge in [-0.1, -0.05) is 30.3 Å². The zero-order chi connectivity index (χ0) is 14.1. The van der Waals surface area contributed by atoms with Gasteiger partial charge in [-0.2, -0.15) is 8.93 Å². The first-order valence-electron chi connectivity index (χ1n) is 6.32. The monoisotopic (exact) mass is 289 g/mol. The molecule has 1 aliphatic heterocycles. The fourth-order valence-corrected chi connectivity index (χ4v) is 3.10. The Hall–Kier alpha value is -1.85. The number of hydrogen-bond donors (Lipinski definition) is 1. The highest BCUT2D eigenvalue weighted by molar-refractivity contribution is 7.78. The maximum Gasteiger partial charge on any atom is 0.288 e. The lowest BCUT2D eigenvalue weighted by molar-refractivity contribution is 0.415. The highest BCUT2D eigenvalue weighted by Crippen LogP contribution is 2.39. The Bertz CT molecular complexity index is 655. The van der Waals surface area contributed by atoms with Crippen LogP contribution in [-0.2, 0) is 11.3 Å². The zero-order valence-corrected chi connectivity index (χ0v) is 12.1. The van der Waals surface area contributed by atoms with Gasteiger partial charge in [0, 0.05) is 17.2 Å². The Morgan fingerprint density at radius 3 is 2.65 bits per heavy atom. The Kier molecular flexibility index (Phi) is 3.46. The number of hydrogen-bond acceptors (Lipinski definition) is 3. The van der Waals surface area contributed by atoms with E-state index in [9.17, 15) is 4.21 Å². The molecule has 2 aromatic carbocycles. The van der Waals surface area contributed by atoms with E-state index in [0.717, 1.165) is 22.4 Å². The first kappa shape index (κ1) is 13.1. The van der Waals surface area contributed by atoms with Crippen molar-refractivity contribution in [2.45, 2.75) is 13.0 Å². The van der Waals surface area contributed by atoms with Crippen LogP contribution in [0.5, 0.6) is 11.5 Å². The van der Waals surface area contributed by atoms with E-state index in [0.29, 0.717) is 5.75 Å². The van der Waals surface area contributed by atoms with Gasteiger partial charge in [0.1, 0.15) is 5.75 Å². The molecule has 0 spiro atoms. The molecule has 0 aliphatic carbocycles. The van der Waals surface area contributed by atoms with Gasteiger partial charge in [0.2, 0.25) is 0 Å². The molecule has 5 heteroatoms. The predicted molar refractivity (Wildman–Crippen MR) is 78.8 cm³/mol. The minimum absolute atomic E-state index is 0.00205. The van der Waals surface area contributed by atoms with Crippen molar-refractivity contribution in [3.8, 4) is 22.6 Å². The maximum atomic E-state index is 11.7. The van der Waals surface area contributed by atoms with Crippen molar-refractivity contribution in [3.63, 3.8) is 0 Å². The number of benzene rings is 2. The van der Waals surface area contributed by atoms with Gasteiger partial charge in [-0.3, -0.25) is 0 Å². The molecule has 1 heterocycles. The SMILES string of the molecule is COc1ccc(-c2cccc3c2OS(=O)NC3C)cc1. The summed E-state index contributed by atoms with van der Waals surface area (Å²) >= 11 is -1.50. The number of ether oxygens (including phenoxy) is 1. The van der Waals surface area contributed by atoms with Gasteiger partial charge >= 0.3 is 0 Å². The first-order valence-corrected chi connectivity index (χ1v) is 7.40. The smallest absolute Gasteiger partial charge is 0.288 e. The summed E-state index contributed by atoms with van der Waals surface area (Å²) in [6, 6.07) is 13.7. The molecule has 0 bridgehead atoms. The summed E-state index contributed by atoms with van der Waals surface area (Å²) in [6.07, 6.45) is 0. The molecule has 0 aromatic heterocycles. The molecule has 2 atom stereocenters. The Morgan fingerprint density at radius 1 is 1.20 bits per heavy atom. The summed E-state index contributed by atoms with van der Waals surface area (Å²) in [4.78, 5) is 0. The van der Waals surface area contributed by atoms with Crippen LogP contribution >= 0.6 is 0 Å². The molecule has 2 aromatic rings. The van der Waals surface area contributed by atoms with E-state index >= 15 is 0 Å². The van der Waals surface area contributed by atoms with E-state index in [1.165, 1.54) is 0 Å². The summed E-state index contributed by atoms with van der Waals surface area (Å²) in [6.45, 7) is 1.97. The van der Waals surface area contributed by atoms with Crippen molar-refractivity contribution in [2.75, 3.05) is 7.11 Å². The van der Waals surface area contributed by atoms with Crippen LogP contribution in [0.1, 0.15) is 18.5 Å². The number of methoxy groups -OCH3 is 1. The van der Waals surface area contributed by atoms with Crippen LogP contribution < -0.4 is 13.6 Å². The molecule has 104 valence electrons. The summed E-state index contributed by atoms with van der Waals surface area (Å²) in [5, 5.41) is 0. The van der Waals surface area contributed by atoms with Crippen LogP contribution in [0.4, 0.5) is 0 Å². The van der Waals surface area contributed by atoms with Gasteiger partial charge in [-0.25, -0.2) is 0 Å². The summed E-state index contributed by atoms with van der Waals surface area (Å²) < 4.78 is 25.2.